The number of carbonyl (C=O) groups excluding carboxylic acids is 3. The third-order valence-corrected chi connectivity index (χ3v) is 6.04. The number of likely N-dealkylation sites (tertiary alicyclic amines) is 2. The zero-order valence-corrected chi connectivity index (χ0v) is 17.9. The Hall–Kier alpha value is -3.15. The second-order valence-electron chi connectivity index (χ2n) is 8.67. The van der Waals surface area contributed by atoms with Crippen LogP contribution in [-0.2, 0) is 9.53 Å². The van der Waals surface area contributed by atoms with E-state index in [9.17, 15) is 14.4 Å². The molecular formula is C25H28N2O4. The normalized spacial score (nSPS) is 21.3. The van der Waals surface area contributed by atoms with Gasteiger partial charge in [0.15, 0.2) is 5.78 Å². The first kappa shape index (κ1) is 21.1. The van der Waals surface area contributed by atoms with Crippen LogP contribution in [0.3, 0.4) is 0 Å². The van der Waals surface area contributed by atoms with Crippen LogP contribution >= 0.6 is 0 Å². The van der Waals surface area contributed by atoms with E-state index in [1.165, 1.54) is 4.90 Å². The van der Waals surface area contributed by atoms with Crippen molar-refractivity contribution < 1.29 is 19.1 Å². The average Bonchev–Trinajstić information content (AvgIpc) is 3.35. The third kappa shape index (κ3) is 4.33. The first-order chi connectivity index (χ1) is 15.0. The zero-order chi connectivity index (χ0) is 22.0. The van der Waals surface area contributed by atoms with Gasteiger partial charge in [-0.15, -0.1) is 0 Å². The maximum Gasteiger partial charge on any atom is 0.411 e. The summed E-state index contributed by atoms with van der Waals surface area (Å²) in [4.78, 5) is 42.0. The minimum Gasteiger partial charge on any atom is -0.441 e. The van der Waals surface area contributed by atoms with Crippen LogP contribution in [0.15, 0.2) is 60.7 Å². The molecule has 2 aliphatic rings. The second-order valence-corrected chi connectivity index (χ2v) is 8.67. The van der Waals surface area contributed by atoms with Crippen molar-refractivity contribution >= 4 is 17.8 Å². The van der Waals surface area contributed by atoms with Gasteiger partial charge in [0.2, 0.25) is 0 Å². The van der Waals surface area contributed by atoms with Crippen LogP contribution in [-0.4, -0.2) is 52.8 Å². The maximum atomic E-state index is 13.1. The molecule has 2 heterocycles. The summed E-state index contributed by atoms with van der Waals surface area (Å²) in [6.45, 7) is 4.61. The topological polar surface area (TPSA) is 66.9 Å². The van der Waals surface area contributed by atoms with Crippen LogP contribution in [0.2, 0.25) is 0 Å². The Morgan fingerprint density at radius 2 is 1.65 bits per heavy atom. The quantitative estimate of drug-likeness (QED) is 0.731. The number of benzene rings is 2. The lowest BCUT2D eigenvalue weighted by molar-refractivity contribution is -0.120. The minimum absolute atomic E-state index is 0.0287. The van der Waals surface area contributed by atoms with E-state index in [1.807, 2.05) is 36.4 Å². The highest BCUT2D eigenvalue weighted by molar-refractivity contribution is 6.02. The Bertz CT molecular complexity index is 945. The summed E-state index contributed by atoms with van der Waals surface area (Å²) in [5.74, 6) is 0.0684. The SMILES string of the molecule is CC(C)C[C@@H](OC(=O)N1CCC2C1C(=O)CN2C(=O)c1ccccc1)c1ccccc1. The number of ether oxygens (including phenoxy) is 1. The van der Waals surface area contributed by atoms with Gasteiger partial charge in [0.05, 0.1) is 12.6 Å². The van der Waals surface area contributed by atoms with Crippen molar-refractivity contribution in [3.63, 3.8) is 0 Å². The minimum atomic E-state index is -0.629. The van der Waals surface area contributed by atoms with Crippen molar-refractivity contribution in [1.29, 1.82) is 0 Å². The number of hydrogen-bond acceptors (Lipinski definition) is 4. The van der Waals surface area contributed by atoms with Gasteiger partial charge in [-0.25, -0.2) is 4.79 Å². The lowest BCUT2D eigenvalue weighted by Gasteiger charge is -2.27. The predicted molar refractivity (Wildman–Crippen MR) is 117 cm³/mol. The molecule has 6 heteroatoms. The molecule has 2 saturated heterocycles. The highest BCUT2D eigenvalue weighted by Gasteiger charge is 2.52. The summed E-state index contributed by atoms with van der Waals surface area (Å²) < 4.78 is 5.90. The van der Waals surface area contributed by atoms with Crippen LogP contribution in [0.4, 0.5) is 4.79 Å². The number of ketones is 1. The summed E-state index contributed by atoms with van der Waals surface area (Å²) in [6.07, 6.45) is 0.421. The van der Waals surface area contributed by atoms with Crippen LogP contribution in [0.5, 0.6) is 0 Å². The van der Waals surface area contributed by atoms with Crippen LogP contribution in [0.1, 0.15) is 48.7 Å². The molecule has 2 aromatic rings. The molecule has 31 heavy (non-hydrogen) atoms. The van der Waals surface area contributed by atoms with Crippen molar-refractivity contribution in [2.75, 3.05) is 13.1 Å². The van der Waals surface area contributed by atoms with Crippen molar-refractivity contribution in [3.05, 3.63) is 71.8 Å². The summed E-state index contributed by atoms with van der Waals surface area (Å²) in [5.41, 5.74) is 1.50. The summed E-state index contributed by atoms with van der Waals surface area (Å²) in [6, 6.07) is 17.7. The van der Waals surface area contributed by atoms with E-state index in [-0.39, 0.29) is 30.4 Å². The molecule has 0 aliphatic carbocycles. The molecule has 6 nitrogen and oxygen atoms in total. The van der Waals surface area contributed by atoms with Gasteiger partial charge in [0.25, 0.3) is 5.91 Å². The fourth-order valence-electron chi connectivity index (χ4n) is 4.58. The van der Waals surface area contributed by atoms with E-state index in [1.54, 1.807) is 29.2 Å². The van der Waals surface area contributed by atoms with E-state index < -0.39 is 12.1 Å². The molecule has 2 unspecified atom stereocenters. The fourth-order valence-corrected chi connectivity index (χ4v) is 4.58. The van der Waals surface area contributed by atoms with E-state index in [2.05, 4.69) is 13.8 Å². The maximum absolute atomic E-state index is 13.1. The second kappa shape index (κ2) is 8.92. The van der Waals surface area contributed by atoms with Gasteiger partial charge in [-0.2, -0.15) is 0 Å². The highest BCUT2D eigenvalue weighted by atomic mass is 16.6. The fraction of sp³-hybridized carbons (Fsp3) is 0.400. The Kier molecular flexibility index (Phi) is 6.07. The molecule has 0 aromatic heterocycles. The summed E-state index contributed by atoms with van der Waals surface area (Å²) >= 11 is 0. The van der Waals surface area contributed by atoms with Crippen LogP contribution in [0.25, 0.3) is 0 Å². The first-order valence-corrected chi connectivity index (χ1v) is 10.9. The zero-order valence-electron chi connectivity index (χ0n) is 17.9. The number of Topliss-reactive ketones (excluding diaryl/α,β-unsaturated/α-hetero) is 1. The van der Waals surface area contributed by atoms with Crippen molar-refractivity contribution in [2.45, 2.75) is 44.9 Å². The van der Waals surface area contributed by atoms with Crippen LogP contribution < -0.4 is 0 Å². The number of amides is 2. The van der Waals surface area contributed by atoms with E-state index in [0.717, 1.165) is 5.56 Å². The largest absolute Gasteiger partial charge is 0.441 e. The molecule has 2 aromatic carbocycles. The van der Waals surface area contributed by atoms with E-state index in [0.29, 0.717) is 30.9 Å². The predicted octanol–water partition coefficient (Wildman–Crippen LogP) is 4.08. The molecule has 0 radical (unpaired) electrons. The molecule has 162 valence electrons. The smallest absolute Gasteiger partial charge is 0.411 e. The Balaban J connectivity index is 1.49. The molecule has 2 amide bonds. The molecular weight excluding hydrogens is 392 g/mol. The Morgan fingerprint density at radius 1 is 1.00 bits per heavy atom. The number of hydrogen-bond donors (Lipinski definition) is 0. The van der Waals surface area contributed by atoms with E-state index >= 15 is 0 Å². The molecule has 3 atom stereocenters. The third-order valence-electron chi connectivity index (χ3n) is 6.04. The number of rotatable bonds is 5. The molecule has 4 rings (SSSR count). The van der Waals surface area contributed by atoms with Crippen molar-refractivity contribution in [1.82, 2.24) is 9.80 Å². The van der Waals surface area contributed by atoms with Gasteiger partial charge in [-0.05, 0) is 36.5 Å². The van der Waals surface area contributed by atoms with E-state index in [4.69, 9.17) is 4.74 Å². The number of fused-ring (bicyclic) bond motifs is 1. The van der Waals surface area contributed by atoms with Gasteiger partial charge >= 0.3 is 6.09 Å². The Morgan fingerprint density at radius 3 is 2.29 bits per heavy atom. The first-order valence-electron chi connectivity index (χ1n) is 10.9. The lowest BCUT2D eigenvalue weighted by Crippen LogP contribution is -2.44. The van der Waals surface area contributed by atoms with Gasteiger partial charge in [0.1, 0.15) is 12.1 Å². The van der Waals surface area contributed by atoms with Gasteiger partial charge < -0.3 is 9.64 Å². The van der Waals surface area contributed by atoms with Crippen LogP contribution in [0, 0.1) is 5.92 Å². The molecule has 0 spiro atoms. The average molecular weight is 421 g/mol. The molecule has 0 saturated carbocycles. The number of carbonyl (C=O) groups is 3. The molecule has 0 bridgehead atoms. The summed E-state index contributed by atoms with van der Waals surface area (Å²) in [7, 11) is 0. The van der Waals surface area contributed by atoms with Gasteiger partial charge in [-0.1, -0.05) is 62.4 Å². The molecule has 0 N–H and O–H groups in total. The molecule has 2 fully saturated rings. The lowest BCUT2D eigenvalue weighted by atomic mass is 9.99. The number of nitrogens with zero attached hydrogens (tertiary/aromatic N) is 2. The highest BCUT2D eigenvalue weighted by Crippen LogP contribution is 2.33. The summed E-state index contributed by atoms with van der Waals surface area (Å²) in [5, 5.41) is 0. The van der Waals surface area contributed by atoms with Crippen molar-refractivity contribution in [3.8, 4) is 0 Å². The monoisotopic (exact) mass is 420 g/mol. The standard InChI is InChI=1S/C25H28N2O4/c1-17(2)15-22(18-9-5-3-6-10-18)31-25(30)26-14-13-20-23(26)21(28)16-27(20)24(29)19-11-7-4-8-12-19/h3-12,17,20,22-23H,13-16H2,1-2H3/t20?,22-,23?/m1/s1. The molecule has 2 aliphatic heterocycles. The van der Waals surface area contributed by atoms with Gasteiger partial charge in [0, 0.05) is 12.1 Å². The van der Waals surface area contributed by atoms with Crippen molar-refractivity contribution in [2.24, 2.45) is 5.92 Å². The Labute approximate surface area is 182 Å². The van der Waals surface area contributed by atoms with Gasteiger partial charge in [-0.3, -0.25) is 14.5 Å².